The Morgan fingerprint density at radius 2 is 1.69 bits per heavy atom. The number of nitrogens with zero attached hydrogens (tertiary/aromatic N) is 2. The fourth-order valence-electron chi connectivity index (χ4n) is 3.81. The molecule has 0 aliphatic carbocycles. The van der Waals surface area contributed by atoms with Gasteiger partial charge in [0.15, 0.2) is 0 Å². The minimum atomic E-state index is -0.354. The predicted molar refractivity (Wildman–Crippen MR) is 145 cm³/mol. The summed E-state index contributed by atoms with van der Waals surface area (Å²) in [6, 6.07) is 18.9. The molecular formula is C28H35N3O4S. The van der Waals surface area contributed by atoms with E-state index in [1.54, 1.807) is 41.5 Å². The number of methoxy groups -OCH3 is 2. The average Bonchev–Trinajstić information content (AvgIpc) is 3.28. The highest BCUT2D eigenvalue weighted by Crippen LogP contribution is 2.29. The molecular weight excluding hydrogens is 474 g/mol. The number of ether oxygens (including phenoxy) is 2. The van der Waals surface area contributed by atoms with E-state index in [0.717, 1.165) is 10.4 Å². The first-order valence-corrected chi connectivity index (χ1v) is 12.8. The Hall–Kier alpha value is -3.52. The van der Waals surface area contributed by atoms with Gasteiger partial charge in [-0.25, -0.2) is 4.79 Å². The van der Waals surface area contributed by atoms with Gasteiger partial charge in [0.25, 0.3) is 0 Å². The highest BCUT2D eigenvalue weighted by molar-refractivity contribution is 7.11. The summed E-state index contributed by atoms with van der Waals surface area (Å²) in [6.07, 6.45) is 0. The molecule has 1 aromatic heterocycles. The number of hydrogen-bond acceptors (Lipinski definition) is 5. The van der Waals surface area contributed by atoms with Crippen molar-refractivity contribution < 1.29 is 19.1 Å². The van der Waals surface area contributed by atoms with Crippen LogP contribution in [0.5, 0.6) is 11.5 Å². The third-order valence-corrected chi connectivity index (χ3v) is 6.55. The second-order valence-corrected chi connectivity index (χ2v) is 10.4. The van der Waals surface area contributed by atoms with Crippen molar-refractivity contribution in [1.29, 1.82) is 0 Å². The van der Waals surface area contributed by atoms with Crippen LogP contribution in [0.4, 0.5) is 10.5 Å². The van der Waals surface area contributed by atoms with Gasteiger partial charge in [-0.15, -0.1) is 11.3 Å². The molecule has 3 rings (SSSR count). The predicted octanol–water partition coefficient (Wildman–Crippen LogP) is 5.79. The van der Waals surface area contributed by atoms with Crippen LogP contribution >= 0.6 is 11.3 Å². The Kier molecular flexibility index (Phi) is 9.76. The molecule has 0 aliphatic rings. The molecule has 0 bridgehead atoms. The molecule has 3 amide bonds. The molecule has 0 saturated heterocycles. The lowest BCUT2D eigenvalue weighted by Gasteiger charge is -2.29. The summed E-state index contributed by atoms with van der Waals surface area (Å²) in [5.74, 6) is 1.18. The molecule has 1 N–H and O–H groups in total. The molecule has 8 heteroatoms. The van der Waals surface area contributed by atoms with Crippen LogP contribution in [0, 0.1) is 12.8 Å². The Morgan fingerprint density at radius 3 is 2.31 bits per heavy atom. The monoisotopic (exact) mass is 509 g/mol. The summed E-state index contributed by atoms with van der Waals surface area (Å²) in [5.41, 5.74) is 1.56. The fraction of sp³-hybridized carbons (Fsp3) is 0.357. The minimum absolute atomic E-state index is 0.0281. The van der Waals surface area contributed by atoms with Gasteiger partial charge in [0.2, 0.25) is 5.91 Å². The average molecular weight is 510 g/mol. The molecule has 36 heavy (non-hydrogen) atoms. The van der Waals surface area contributed by atoms with Crippen molar-refractivity contribution in [3.63, 3.8) is 0 Å². The molecule has 192 valence electrons. The van der Waals surface area contributed by atoms with Gasteiger partial charge < -0.3 is 24.6 Å². The van der Waals surface area contributed by atoms with Gasteiger partial charge in [-0.05, 0) is 42.7 Å². The zero-order valence-electron chi connectivity index (χ0n) is 21.6. The standard InChI is InChI=1S/C28H35N3O4S/c1-20(2)16-31(28(33)29-25-14-12-23(34-4)15-26(25)35-5)19-27(32)30(17-22-9-7-6-8-10-22)18-24-13-11-21(3)36-24/h6-15,20H,16-19H2,1-5H3,(H,29,33). The number of aryl methyl sites for hydroxylation is 1. The van der Waals surface area contributed by atoms with Crippen molar-refractivity contribution in [2.75, 3.05) is 32.6 Å². The zero-order chi connectivity index (χ0) is 26.1. The Morgan fingerprint density at radius 1 is 0.944 bits per heavy atom. The van der Waals surface area contributed by atoms with Gasteiger partial charge in [0, 0.05) is 28.9 Å². The van der Waals surface area contributed by atoms with Crippen LogP contribution in [-0.4, -0.2) is 49.0 Å². The summed E-state index contributed by atoms with van der Waals surface area (Å²) in [7, 11) is 3.11. The van der Waals surface area contributed by atoms with Crippen LogP contribution in [0.2, 0.25) is 0 Å². The minimum Gasteiger partial charge on any atom is -0.497 e. The summed E-state index contributed by atoms with van der Waals surface area (Å²) >= 11 is 1.68. The van der Waals surface area contributed by atoms with Crippen molar-refractivity contribution in [1.82, 2.24) is 9.80 Å². The Bertz CT molecular complexity index is 1150. The van der Waals surface area contributed by atoms with Crippen LogP contribution in [-0.2, 0) is 17.9 Å². The van der Waals surface area contributed by atoms with Crippen molar-refractivity contribution in [2.24, 2.45) is 5.92 Å². The first-order chi connectivity index (χ1) is 17.3. The van der Waals surface area contributed by atoms with Gasteiger partial charge >= 0.3 is 6.03 Å². The number of anilines is 1. The molecule has 7 nitrogen and oxygen atoms in total. The number of rotatable bonds is 11. The summed E-state index contributed by atoms with van der Waals surface area (Å²) in [4.78, 5) is 32.6. The number of carbonyl (C=O) groups is 2. The molecule has 2 aromatic carbocycles. The van der Waals surface area contributed by atoms with Crippen molar-refractivity contribution in [3.05, 3.63) is 76.0 Å². The van der Waals surface area contributed by atoms with Gasteiger partial charge in [0.1, 0.15) is 18.0 Å². The highest BCUT2D eigenvalue weighted by Gasteiger charge is 2.24. The van der Waals surface area contributed by atoms with Gasteiger partial charge in [-0.2, -0.15) is 0 Å². The van der Waals surface area contributed by atoms with Crippen molar-refractivity contribution in [3.8, 4) is 11.5 Å². The van der Waals surface area contributed by atoms with Crippen LogP contribution in [0.25, 0.3) is 0 Å². The number of thiophene rings is 1. The van der Waals surface area contributed by atoms with Crippen LogP contribution < -0.4 is 14.8 Å². The van der Waals surface area contributed by atoms with E-state index in [1.807, 2.05) is 49.1 Å². The second kappa shape index (κ2) is 13.0. The summed E-state index contributed by atoms with van der Waals surface area (Å²) in [6.45, 7) is 7.48. The first-order valence-electron chi connectivity index (χ1n) is 11.9. The van der Waals surface area contributed by atoms with E-state index in [4.69, 9.17) is 9.47 Å². The van der Waals surface area contributed by atoms with Gasteiger partial charge in [0.05, 0.1) is 26.5 Å². The highest BCUT2D eigenvalue weighted by atomic mass is 32.1. The van der Waals surface area contributed by atoms with Crippen LogP contribution in [0.15, 0.2) is 60.7 Å². The van der Waals surface area contributed by atoms with Crippen LogP contribution in [0.1, 0.15) is 29.2 Å². The normalized spacial score (nSPS) is 10.7. The summed E-state index contributed by atoms with van der Waals surface area (Å²) < 4.78 is 10.7. The maximum Gasteiger partial charge on any atom is 0.322 e. The molecule has 0 radical (unpaired) electrons. The Labute approximate surface area is 217 Å². The quantitative estimate of drug-likeness (QED) is 0.355. The van der Waals surface area contributed by atoms with E-state index in [-0.39, 0.29) is 24.4 Å². The number of amides is 3. The van der Waals surface area contributed by atoms with E-state index in [9.17, 15) is 9.59 Å². The largest absolute Gasteiger partial charge is 0.497 e. The van der Waals surface area contributed by atoms with E-state index < -0.39 is 0 Å². The third-order valence-electron chi connectivity index (χ3n) is 5.56. The topological polar surface area (TPSA) is 71.1 Å². The van der Waals surface area contributed by atoms with E-state index in [2.05, 4.69) is 24.4 Å². The van der Waals surface area contributed by atoms with E-state index >= 15 is 0 Å². The van der Waals surface area contributed by atoms with Crippen LogP contribution in [0.3, 0.4) is 0 Å². The maximum absolute atomic E-state index is 13.6. The van der Waals surface area contributed by atoms with E-state index in [1.165, 1.54) is 12.0 Å². The zero-order valence-corrected chi connectivity index (χ0v) is 22.4. The molecule has 0 atom stereocenters. The lowest BCUT2D eigenvalue weighted by molar-refractivity contribution is -0.133. The molecule has 0 fully saturated rings. The molecule has 0 spiro atoms. The second-order valence-electron chi connectivity index (χ2n) is 9.02. The number of urea groups is 1. The van der Waals surface area contributed by atoms with Gasteiger partial charge in [-0.1, -0.05) is 44.2 Å². The SMILES string of the molecule is COc1ccc(NC(=O)N(CC(=O)N(Cc2ccccc2)Cc2ccc(C)s2)CC(C)C)c(OC)c1. The molecule has 0 unspecified atom stereocenters. The fourth-order valence-corrected chi connectivity index (χ4v) is 4.72. The number of carbonyl (C=O) groups excluding carboxylic acids is 2. The molecule has 1 heterocycles. The lowest BCUT2D eigenvalue weighted by atomic mass is 10.2. The molecule has 0 aliphatic heterocycles. The van der Waals surface area contributed by atoms with Gasteiger partial charge in [-0.3, -0.25) is 4.79 Å². The maximum atomic E-state index is 13.6. The number of hydrogen-bond donors (Lipinski definition) is 1. The number of nitrogens with one attached hydrogen (secondary N) is 1. The number of benzene rings is 2. The van der Waals surface area contributed by atoms with E-state index in [0.29, 0.717) is 36.8 Å². The first kappa shape index (κ1) is 27.1. The lowest BCUT2D eigenvalue weighted by Crippen LogP contribution is -2.45. The van der Waals surface area contributed by atoms with Crippen molar-refractivity contribution in [2.45, 2.75) is 33.9 Å². The third kappa shape index (κ3) is 7.75. The van der Waals surface area contributed by atoms with Crippen molar-refractivity contribution >= 4 is 29.0 Å². The Balaban J connectivity index is 1.79. The molecule has 0 saturated carbocycles. The summed E-state index contributed by atoms with van der Waals surface area (Å²) in [5, 5.41) is 2.90. The smallest absolute Gasteiger partial charge is 0.322 e. The molecule has 3 aromatic rings.